The summed E-state index contributed by atoms with van der Waals surface area (Å²) in [6.07, 6.45) is 13.2. The fourth-order valence-electron chi connectivity index (χ4n) is 6.17. The molecule has 1 saturated heterocycles. The lowest BCUT2D eigenvalue weighted by atomic mass is 9.65. The largest absolute Gasteiger partial charge is 0.379 e. The smallest absolute Gasteiger partial charge is 0.247 e. The van der Waals surface area contributed by atoms with E-state index in [1.54, 1.807) is 22.5 Å². The summed E-state index contributed by atoms with van der Waals surface area (Å²) in [6.45, 7) is 0. The number of sulfonamides is 2. The predicted molar refractivity (Wildman–Crippen MR) is 141 cm³/mol. The van der Waals surface area contributed by atoms with Crippen molar-refractivity contribution in [2.24, 2.45) is 5.41 Å². The van der Waals surface area contributed by atoms with Gasteiger partial charge in [-0.25, -0.2) is 16.8 Å². The van der Waals surface area contributed by atoms with Crippen LogP contribution >= 0.6 is 0 Å². The van der Waals surface area contributed by atoms with Gasteiger partial charge in [0.2, 0.25) is 26.0 Å². The maximum absolute atomic E-state index is 13.0. The fraction of sp³-hybridized carbons (Fsp3) is 0.538. The molecule has 2 heterocycles. The lowest BCUT2D eigenvalue weighted by Crippen LogP contribution is -2.43. The van der Waals surface area contributed by atoms with Crippen LogP contribution in [-0.2, 0) is 24.8 Å². The molecule has 1 unspecified atom stereocenters. The van der Waals surface area contributed by atoms with Gasteiger partial charge in [-0.2, -0.15) is 5.26 Å². The third-order valence-corrected chi connectivity index (χ3v) is 11.9. The molecule has 5 rings (SSSR count). The quantitative estimate of drug-likeness (QED) is 0.527. The van der Waals surface area contributed by atoms with Crippen LogP contribution in [0.25, 0.3) is 5.57 Å². The lowest BCUT2D eigenvalue weighted by Gasteiger charge is -2.40. The number of hydrogen-bond acceptors (Lipinski definition) is 7. The van der Waals surface area contributed by atoms with E-state index in [1.807, 2.05) is 6.07 Å². The highest BCUT2D eigenvalue weighted by atomic mass is 32.3. The Hall–Kier alpha value is -2.68. The maximum atomic E-state index is 13.0. The van der Waals surface area contributed by atoms with Gasteiger partial charge in [-0.15, -0.1) is 4.13 Å². The number of amides is 1. The topological polar surface area (TPSA) is 145 Å². The summed E-state index contributed by atoms with van der Waals surface area (Å²) in [7, 11) is -7.91. The second-order valence-corrected chi connectivity index (χ2v) is 14.6. The van der Waals surface area contributed by atoms with Crippen LogP contribution in [0.2, 0.25) is 0 Å². The van der Waals surface area contributed by atoms with Gasteiger partial charge >= 0.3 is 0 Å². The highest BCUT2D eigenvalue weighted by Gasteiger charge is 2.37. The number of benzene rings is 1. The summed E-state index contributed by atoms with van der Waals surface area (Å²) < 4.78 is 50.7. The Balaban J connectivity index is 1.46. The van der Waals surface area contributed by atoms with E-state index in [1.165, 1.54) is 32.1 Å². The molecule has 1 aromatic rings. The molecule has 1 aromatic carbocycles. The Morgan fingerprint density at radius 3 is 2.41 bits per heavy atom. The summed E-state index contributed by atoms with van der Waals surface area (Å²) in [6, 6.07) is 6.81. The van der Waals surface area contributed by atoms with E-state index < -0.39 is 32.0 Å². The molecule has 2 aliphatic heterocycles. The van der Waals surface area contributed by atoms with Crippen molar-refractivity contribution in [3.63, 3.8) is 0 Å². The summed E-state index contributed by atoms with van der Waals surface area (Å²) in [4.78, 5) is 13.0. The van der Waals surface area contributed by atoms with E-state index in [-0.39, 0.29) is 17.4 Å². The molecule has 198 valence electrons. The first-order chi connectivity index (χ1) is 17.6. The Kier molecular flexibility index (Phi) is 6.94. The van der Waals surface area contributed by atoms with Crippen LogP contribution in [0.5, 0.6) is 0 Å². The molecule has 2 fully saturated rings. The molecular weight excluding hydrogens is 512 g/mol. The van der Waals surface area contributed by atoms with Gasteiger partial charge < -0.3 is 10.6 Å². The Bertz CT molecular complexity index is 1380. The number of allylic oxidation sites excluding steroid dienone is 2. The van der Waals surface area contributed by atoms with E-state index >= 15 is 0 Å². The lowest BCUT2D eigenvalue weighted by molar-refractivity contribution is -0.117. The molecule has 0 radical (unpaired) electrons. The average molecular weight is 545 g/mol. The summed E-state index contributed by atoms with van der Waals surface area (Å²) >= 11 is 0. The van der Waals surface area contributed by atoms with Crippen molar-refractivity contribution in [2.45, 2.75) is 69.7 Å². The van der Waals surface area contributed by atoms with Crippen LogP contribution in [-0.4, -0.2) is 40.3 Å². The van der Waals surface area contributed by atoms with E-state index in [9.17, 15) is 21.6 Å². The number of nitrogens with one attached hydrogen (secondary N) is 3. The van der Waals surface area contributed by atoms with Crippen LogP contribution in [0.3, 0.4) is 0 Å². The predicted octanol–water partition coefficient (Wildman–Crippen LogP) is 3.26. The van der Waals surface area contributed by atoms with E-state index in [2.05, 4.69) is 22.8 Å². The van der Waals surface area contributed by atoms with Gasteiger partial charge in [-0.1, -0.05) is 31.4 Å². The van der Waals surface area contributed by atoms with Crippen LogP contribution in [0.15, 0.2) is 36.0 Å². The number of rotatable bonds is 4. The molecule has 9 nitrogen and oxygen atoms in total. The molecule has 1 amide bonds. The van der Waals surface area contributed by atoms with Crippen molar-refractivity contribution in [1.29, 1.82) is 5.26 Å². The van der Waals surface area contributed by atoms with Crippen LogP contribution in [0, 0.1) is 16.7 Å². The van der Waals surface area contributed by atoms with Crippen molar-refractivity contribution in [1.82, 2.24) is 9.44 Å². The Morgan fingerprint density at radius 1 is 1.05 bits per heavy atom. The zero-order valence-electron chi connectivity index (χ0n) is 20.6. The molecule has 1 saturated carbocycles. The van der Waals surface area contributed by atoms with Crippen molar-refractivity contribution in [3.8, 4) is 6.07 Å². The first kappa shape index (κ1) is 25.9. The Labute approximate surface area is 218 Å². The van der Waals surface area contributed by atoms with Gasteiger partial charge in [-0.3, -0.25) is 4.79 Å². The van der Waals surface area contributed by atoms with Gasteiger partial charge in [0.15, 0.2) is 0 Å². The Morgan fingerprint density at radius 2 is 1.78 bits per heavy atom. The number of carbonyl (C=O) groups excluding carboxylic acids is 1. The summed E-state index contributed by atoms with van der Waals surface area (Å²) in [5, 5.41) is 15.1. The second kappa shape index (κ2) is 9.89. The molecule has 0 aromatic heterocycles. The monoisotopic (exact) mass is 544 g/mol. The number of carbonyl (C=O) groups is 1. The average Bonchev–Trinajstić information content (AvgIpc) is 3.33. The van der Waals surface area contributed by atoms with E-state index in [0.717, 1.165) is 30.4 Å². The molecule has 37 heavy (non-hydrogen) atoms. The summed E-state index contributed by atoms with van der Waals surface area (Å²) in [5.74, 6) is -1.59. The second-order valence-electron chi connectivity index (χ2n) is 10.8. The first-order valence-electron chi connectivity index (χ1n) is 12.8. The highest BCUT2D eigenvalue weighted by Crippen LogP contribution is 2.49. The zero-order chi connectivity index (χ0) is 26.3. The van der Waals surface area contributed by atoms with Crippen molar-refractivity contribution in [3.05, 3.63) is 47.2 Å². The van der Waals surface area contributed by atoms with Crippen LogP contribution < -0.4 is 14.8 Å². The van der Waals surface area contributed by atoms with Crippen LogP contribution in [0.4, 0.5) is 5.69 Å². The van der Waals surface area contributed by atoms with Gasteiger partial charge in [0.25, 0.3) is 0 Å². The molecule has 0 bridgehead atoms. The van der Waals surface area contributed by atoms with Gasteiger partial charge in [0.1, 0.15) is 6.04 Å². The molecule has 4 aliphatic rings. The molecule has 1 atom stereocenters. The third-order valence-electron chi connectivity index (χ3n) is 8.18. The fourth-order valence-corrected chi connectivity index (χ4v) is 10.1. The SMILES string of the molecule is N#CC1=CNC(C(=O)Nc2ccc(C3CS(=O)(=O)NS(=O)(=O)C3)cc2C2=CCC3(CCCCC3)CC2)C1. The van der Waals surface area contributed by atoms with Crippen molar-refractivity contribution >= 4 is 37.2 Å². The summed E-state index contributed by atoms with van der Waals surface area (Å²) in [5.41, 5.74) is 3.96. The molecular formula is C26H32N4O5S2. The molecule has 1 spiro atoms. The van der Waals surface area contributed by atoms with Crippen LogP contribution in [0.1, 0.15) is 74.8 Å². The maximum Gasteiger partial charge on any atom is 0.247 e. The number of nitriles is 1. The van der Waals surface area contributed by atoms with Gasteiger partial charge in [0.05, 0.1) is 17.6 Å². The number of anilines is 1. The highest BCUT2D eigenvalue weighted by molar-refractivity contribution is 8.05. The molecule has 11 heteroatoms. The molecule has 2 aliphatic carbocycles. The van der Waals surface area contributed by atoms with Gasteiger partial charge in [-0.05, 0) is 60.8 Å². The van der Waals surface area contributed by atoms with E-state index in [4.69, 9.17) is 5.26 Å². The van der Waals surface area contributed by atoms with Crippen molar-refractivity contribution in [2.75, 3.05) is 16.8 Å². The number of nitrogens with zero attached hydrogens (tertiary/aromatic N) is 1. The molecule has 3 N–H and O–H groups in total. The minimum absolute atomic E-state index is 0.261. The minimum Gasteiger partial charge on any atom is -0.379 e. The number of hydrogen-bond donors (Lipinski definition) is 3. The van der Waals surface area contributed by atoms with E-state index in [0.29, 0.717) is 28.7 Å². The third kappa shape index (κ3) is 5.76. The standard InChI is InChI=1S/C26H32N4O5S2/c27-14-18-12-24(28-15-18)25(31)29-23-5-4-20(21-16-36(32,33)30-37(34,35)17-21)13-22(23)19-6-10-26(11-7-19)8-2-1-3-9-26/h4-6,13,15,21,24,28,30H,1-3,7-12,16-17H2,(H,29,31). The van der Waals surface area contributed by atoms with Gasteiger partial charge in [0, 0.05) is 35.4 Å². The normalized spacial score (nSPS) is 26.4. The zero-order valence-corrected chi connectivity index (χ0v) is 22.3. The van der Waals surface area contributed by atoms with Crippen molar-refractivity contribution < 1.29 is 21.6 Å². The first-order valence-corrected chi connectivity index (χ1v) is 16.1. The minimum atomic E-state index is -3.95.